The number of piperidine rings is 1. The van der Waals surface area contributed by atoms with Crippen molar-refractivity contribution in [1.29, 1.82) is 0 Å². The SMILES string of the molecule is CCCn1nc(C(=O)N2CCN(C)CC2)c2c1CCC(N1CCC(C)CC1)C2. The molecule has 4 rings (SSSR count). The van der Waals surface area contributed by atoms with Gasteiger partial charge in [0, 0.05) is 50.0 Å². The van der Waals surface area contributed by atoms with Gasteiger partial charge in [0.1, 0.15) is 0 Å². The summed E-state index contributed by atoms with van der Waals surface area (Å²) in [6.45, 7) is 11.5. The molecule has 1 unspecified atom stereocenters. The first-order valence-corrected chi connectivity index (χ1v) is 11.4. The van der Waals surface area contributed by atoms with Crippen molar-refractivity contribution in [2.45, 2.75) is 65.0 Å². The van der Waals surface area contributed by atoms with Crippen LogP contribution in [0.15, 0.2) is 0 Å². The van der Waals surface area contributed by atoms with Crippen molar-refractivity contribution in [1.82, 2.24) is 24.5 Å². The molecule has 6 nitrogen and oxygen atoms in total. The van der Waals surface area contributed by atoms with E-state index in [1.165, 1.54) is 43.6 Å². The van der Waals surface area contributed by atoms with E-state index in [2.05, 4.69) is 35.4 Å². The predicted octanol–water partition coefficient (Wildman–Crippen LogP) is 2.27. The van der Waals surface area contributed by atoms with E-state index >= 15 is 0 Å². The summed E-state index contributed by atoms with van der Waals surface area (Å²) in [7, 11) is 2.13. The maximum atomic E-state index is 13.3. The molecule has 1 aromatic rings. The number of carbonyl (C=O) groups is 1. The Kier molecular flexibility index (Phi) is 6.07. The molecule has 1 atom stereocenters. The maximum Gasteiger partial charge on any atom is 0.274 e. The number of piperazine rings is 1. The minimum atomic E-state index is 0.159. The Hall–Kier alpha value is -1.40. The van der Waals surface area contributed by atoms with Crippen molar-refractivity contribution in [3.63, 3.8) is 0 Å². The topological polar surface area (TPSA) is 44.6 Å². The van der Waals surface area contributed by atoms with Gasteiger partial charge in [-0.05, 0) is 64.6 Å². The average molecular weight is 388 g/mol. The number of fused-ring (bicyclic) bond motifs is 1. The second-order valence-electron chi connectivity index (χ2n) is 9.21. The molecule has 2 fully saturated rings. The molecule has 1 amide bonds. The number of likely N-dealkylation sites (N-methyl/N-ethyl adjacent to an activating group) is 1. The van der Waals surface area contributed by atoms with E-state index in [1.54, 1.807) is 0 Å². The minimum absolute atomic E-state index is 0.159. The third kappa shape index (κ3) is 3.99. The molecule has 6 heteroatoms. The highest BCUT2D eigenvalue weighted by Gasteiger charge is 2.34. The highest BCUT2D eigenvalue weighted by molar-refractivity contribution is 5.94. The van der Waals surface area contributed by atoms with E-state index in [9.17, 15) is 4.79 Å². The predicted molar refractivity (Wildman–Crippen MR) is 112 cm³/mol. The fourth-order valence-electron chi connectivity index (χ4n) is 5.10. The standard InChI is InChI=1S/C22H37N5O/c1-4-9-27-20-6-5-18(25-10-7-17(2)8-11-25)16-19(20)21(23-27)22(28)26-14-12-24(3)13-15-26/h17-18H,4-16H2,1-3H3. The summed E-state index contributed by atoms with van der Waals surface area (Å²) >= 11 is 0. The Morgan fingerprint density at radius 1 is 1.07 bits per heavy atom. The molecule has 3 aliphatic rings. The summed E-state index contributed by atoms with van der Waals surface area (Å²) in [4.78, 5) is 20.3. The highest BCUT2D eigenvalue weighted by Crippen LogP contribution is 2.30. The van der Waals surface area contributed by atoms with E-state index in [4.69, 9.17) is 5.10 Å². The third-order valence-electron chi connectivity index (χ3n) is 7.08. The first-order valence-electron chi connectivity index (χ1n) is 11.4. The van der Waals surface area contributed by atoms with E-state index < -0.39 is 0 Å². The van der Waals surface area contributed by atoms with Crippen LogP contribution in [-0.2, 0) is 19.4 Å². The van der Waals surface area contributed by atoms with Crippen molar-refractivity contribution in [3.8, 4) is 0 Å². The molecular weight excluding hydrogens is 350 g/mol. The second-order valence-corrected chi connectivity index (χ2v) is 9.21. The van der Waals surface area contributed by atoms with Crippen molar-refractivity contribution >= 4 is 5.91 Å². The van der Waals surface area contributed by atoms with Crippen molar-refractivity contribution in [3.05, 3.63) is 17.0 Å². The van der Waals surface area contributed by atoms with Crippen LogP contribution in [0.1, 0.15) is 61.3 Å². The van der Waals surface area contributed by atoms with Gasteiger partial charge >= 0.3 is 0 Å². The van der Waals surface area contributed by atoms with E-state index in [-0.39, 0.29) is 5.91 Å². The Morgan fingerprint density at radius 2 is 1.79 bits per heavy atom. The minimum Gasteiger partial charge on any atom is -0.335 e. The lowest BCUT2D eigenvalue weighted by Gasteiger charge is -2.39. The number of aromatic nitrogens is 2. The molecule has 0 bridgehead atoms. The quantitative estimate of drug-likeness (QED) is 0.795. The van der Waals surface area contributed by atoms with Crippen LogP contribution in [0.4, 0.5) is 0 Å². The van der Waals surface area contributed by atoms with Crippen LogP contribution in [0.5, 0.6) is 0 Å². The first-order chi connectivity index (χ1) is 13.6. The van der Waals surface area contributed by atoms with Crippen LogP contribution in [0, 0.1) is 5.92 Å². The van der Waals surface area contributed by atoms with Crippen LogP contribution >= 0.6 is 0 Å². The summed E-state index contributed by atoms with van der Waals surface area (Å²) in [5.41, 5.74) is 3.34. The Labute approximate surface area is 169 Å². The maximum absolute atomic E-state index is 13.3. The molecule has 3 heterocycles. The summed E-state index contributed by atoms with van der Waals surface area (Å²) in [6.07, 6.45) is 6.96. The fourth-order valence-corrected chi connectivity index (χ4v) is 5.10. The molecule has 2 aliphatic heterocycles. The van der Waals surface area contributed by atoms with Crippen LogP contribution in [0.3, 0.4) is 0 Å². The van der Waals surface area contributed by atoms with Crippen LogP contribution in [0.25, 0.3) is 0 Å². The highest BCUT2D eigenvalue weighted by atomic mass is 16.2. The zero-order valence-electron chi connectivity index (χ0n) is 18.0. The lowest BCUT2D eigenvalue weighted by molar-refractivity contribution is 0.0655. The molecule has 0 aromatic carbocycles. The number of rotatable bonds is 4. The molecule has 0 radical (unpaired) electrons. The Balaban J connectivity index is 1.55. The van der Waals surface area contributed by atoms with Crippen molar-refractivity contribution in [2.75, 3.05) is 46.3 Å². The van der Waals surface area contributed by atoms with Gasteiger partial charge in [0.25, 0.3) is 5.91 Å². The Bertz CT molecular complexity index is 683. The van der Waals surface area contributed by atoms with Gasteiger partial charge in [0.15, 0.2) is 5.69 Å². The number of amides is 1. The molecule has 28 heavy (non-hydrogen) atoms. The molecule has 2 saturated heterocycles. The second kappa shape index (κ2) is 8.54. The number of likely N-dealkylation sites (tertiary alicyclic amines) is 1. The lowest BCUT2D eigenvalue weighted by atomic mass is 9.88. The summed E-state index contributed by atoms with van der Waals surface area (Å²) < 4.78 is 2.15. The number of carbonyl (C=O) groups excluding carboxylic acids is 1. The number of aryl methyl sites for hydroxylation is 1. The zero-order chi connectivity index (χ0) is 19.7. The van der Waals surface area contributed by atoms with Gasteiger partial charge in [-0.3, -0.25) is 9.48 Å². The number of hydrogen-bond donors (Lipinski definition) is 0. The van der Waals surface area contributed by atoms with Gasteiger partial charge in [-0.15, -0.1) is 0 Å². The molecule has 156 valence electrons. The van der Waals surface area contributed by atoms with Gasteiger partial charge in [-0.2, -0.15) is 5.10 Å². The van der Waals surface area contributed by atoms with Gasteiger partial charge in [-0.1, -0.05) is 13.8 Å². The summed E-state index contributed by atoms with van der Waals surface area (Å²) in [6, 6.07) is 0.582. The van der Waals surface area contributed by atoms with Gasteiger partial charge in [0.05, 0.1) is 0 Å². The van der Waals surface area contributed by atoms with Crippen LogP contribution in [0.2, 0.25) is 0 Å². The molecule has 1 aliphatic carbocycles. The molecule has 0 saturated carbocycles. The summed E-state index contributed by atoms with van der Waals surface area (Å²) in [5, 5.41) is 4.86. The van der Waals surface area contributed by atoms with Gasteiger partial charge in [-0.25, -0.2) is 0 Å². The van der Waals surface area contributed by atoms with E-state index in [1.807, 2.05) is 4.90 Å². The molecular formula is C22H37N5O. The fraction of sp³-hybridized carbons (Fsp3) is 0.818. The van der Waals surface area contributed by atoms with E-state index in [0.29, 0.717) is 6.04 Å². The Morgan fingerprint density at radius 3 is 2.46 bits per heavy atom. The largest absolute Gasteiger partial charge is 0.335 e. The van der Waals surface area contributed by atoms with Crippen molar-refractivity contribution in [2.24, 2.45) is 5.92 Å². The average Bonchev–Trinajstić information content (AvgIpc) is 3.07. The lowest BCUT2D eigenvalue weighted by Crippen LogP contribution is -2.47. The zero-order valence-corrected chi connectivity index (χ0v) is 18.0. The van der Waals surface area contributed by atoms with Crippen LogP contribution < -0.4 is 0 Å². The number of hydrogen-bond acceptors (Lipinski definition) is 4. The normalized spacial score (nSPS) is 25.1. The van der Waals surface area contributed by atoms with Gasteiger partial charge in [0.2, 0.25) is 0 Å². The molecule has 1 aromatic heterocycles. The smallest absolute Gasteiger partial charge is 0.274 e. The van der Waals surface area contributed by atoms with E-state index in [0.717, 1.165) is 63.6 Å². The monoisotopic (exact) mass is 387 g/mol. The van der Waals surface area contributed by atoms with Gasteiger partial charge < -0.3 is 14.7 Å². The number of nitrogens with zero attached hydrogens (tertiary/aromatic N) is 5. The van der Waals surface area contributed by atoms with Crippen molar-refractivity contribution < 1.29 is 4.79 Å². The first kappa shape index (κ1) is 19.9. The van der Waals surface area contributed by atoms with Crippen LogP contribution in [-0.4, -0.2) is 82.7 Å². The third-order valence-corrected chi connectivity index (χ3v) is 7.08. The summed E-state index contributed by atoms with van der Waals surface area (Å²) in [5.74, 6) is 1.02. The molecule has 0 N–H and O–H groups in total. The molecule has 0 spiro atoms.